The fourth-order valence-corrected chi connectivity index (χ4v) is 3.95. The lowest BCUT2D eigenvalue weighted by Gasteiger charge is -2.37. The number of piperazine rings is 1. The summed E-state index contributed by atoms with van der Waals surface area (Å²) in [6, 6.07) is 6.86. The van der Waals surface area contributed by atoms with Gasteiger partial charge in [-0.3, -0.25) is 0 Å². The maximum absolute atomic E-state index is 14.4. The first-order valence-electron chi connectivity index (χ1n) is 11.1. The number of aryl methyl sites for hydroxylation is 1. The molecule has 1 aliphatic heterocycles. The van der Waals surface area contributed by atoms with Crippen LogP contribution in [0.1, 0.15) is 62.2 Å². The highest BCUT2D eigenvalue weighted by Crippen LogP contribution is 2.39. The Morgan fingerprint density at radius 1 is 1.13 bits per heavy atom. The van der Waals surface area contributed by atoms with Gasteiger partial charge in [-0.05, 0) is 52.2 Å². The Balaban J connectivity index is 1.57. The summed E-state index contributed by atoms with van der Waals surface area (Å²) in [4.78, 5) is 26.3. The van der Waals surface area contributed by atoms with Gasteiger partial charge in [0.15, 0.2) is 0 Å². The Morgan fingerprint density at radius 3 is 2.42 bits per heavy atom. The van der Waals surface area contributed by atoms with Crippen LogP contribution in [0, 0.1) is 12.7 Å². The molecule has 0 bridgehead atoms. The third-order valence-electron chi connectivity index (χ3n) is 5.83. The molecule has 1 saturated heterocycles. The number of nitrogens with one attached hydrogen (secondary N) is 1. The van der Waals surface area contributed by atoms with E-state index in [9.17, 15) is 9.18 Å². The number of nitrogens with zero attached hydrogens (tertiary/aromatic N) is 4. The van der Waals surface area contributed by atoms with Crippen LogP contribution in [-0.4, -0.2) is 52.6 Å². The summed E-state index contributed by atoms with van der Waals surface area (Å²) in [6.45, 7) is 10.6. The van der Waals surface area contributed by atoms with E-state index in [-0.39, 0.29) is 17.4 Å². The van der Waals surface area contributed by atoms with Crippen LogP contribution in [0.15, 0.2) is 24.3 Å². The van der Waals surface area contributed by atoms with Crippen LogP contribution in [-0.2, 0) is 6.42 Å². The lowest BCUT2D eigenvalue weighted by molar-refractivity contribution is 0.185. The van der Waals surface area contributed by atoms with Crippen molar-refractivity contribution >= 4 is 11.8 Å². The topological polar surface area (TPSA) is 61.4 Å². The smallest absolute Gasteiger partial charge is 0.317 e. The van der Waals surface area contributed by atoms with Crippen LogP contribution in [0.5, 0.6) is 0 Å². The van der Waals surface area contributed by atoms with Gasteiger partial charge in [0, 0.05) is 55.3 Å². The van der Waals surface area contributed by atoms with Gasteiger partial charge in [0.1, 0.15) is 17.5 Å². The number of benzene rings is 1. The average molecular weight is 426 g/mol. The number of carbonyl (C=O) groups excluding carboxylic acids is 1. The minimum atomic E-state index is -0.260. The van der Waals surface area contributed by atoms with Gasteiger partial charge in [0.05, 0.1) is 0 Å². The molecule has 1 saturated carbocycles. The summed E-state index contributed by atoms with van der Waals surface area (Å²) < 4.78 is 14.4. The number of rotatable bonds is 4. The van der Waals surface area contributed by atoms with Gasteiger partial charge in [0.25, 0.3) is 0 Å². The van der Waals surface area contributed by atoms with Crippen LogP contribution in [0.4, 0.5) is 15.0 Å². The van der Waals surface area contributed by atoms with Crippen LogP contribution in [0.2, 0.25) is 0 Å². The molecule has 0 radical (unpaired) electrons. The second-order valence-electron chi connectivity index (χ2n) is 9.67. The third kappa shape index (κ3) is 5.14. The molecule has 31 heavy (non-hydrogen) atoms. The minimum Gasteiger partial charge on any atom is -0.353 e. The summed E-state index contributed by atoms with van der Waals surface area (Å²) in [5.41, 5.74) is 2.28. The Bertz CT molecular complexity index is 959. The summed E-state index contributed by atoms with van der Waals surface area (Å²) in [5.74, 6) is 2.04. The van der Waals surface area contributed by atoms with Crippen LogP contribution < -0.4 is 10.2 Å². The highest BCUT2D eigenvalue weighted by Gasteiger charge is 2.31. The number of halogens is 1. The molecule has 1 aromatic heterocycles. The van der Waals surface area contributed by atoms with Crippen LogP contribution in [0.25, 0.3) is 0 Å². The number of anilines is 1. The number of hydrogen-bond donors (Lipinski definition) is 1. The van der Waals surface area contributed by atoms with Gasteiger partial charge in [-0.25, -0.2) is 19.2 Å². The molecule has 1 aromatic carbocycles. The fourth-order valence-electron chi connectivity index (χ4n) is 3.95. The third-order valence-corrected chi connectivity index (χ3v) is 5.83. The predicted octanol–water partition coefficient (Wildman–Crippen LogP) is 4.02. The Morgan fingerprint density at radius 2 is 1.81 bits per heavy atom. The molecule has 0 spiro atoms. The van der Waals surface area contributed by atoms with E-state index < -0.39 is 0 Å². The zero-order valence-corrected chi connectivity index (χ0v) is 18.9. The quantitative estimate of drug-likeness (QED) is 0.804. The molecule has 2 amide bonds. The molecule has 1 aliphatic carbocycles. The highest BCUT2D eigenvalue weighted by molar-refractivity contribution is 5.75. The number of amides is 2. The highest BCUT2D eigenvalue weighted by atomic mass is 19.1. The number of carbonyl (C=O) groups is 1. The van der Waals surface area contributed by atoms with Crippen molar-refractivity contribution in [3.05, 3.63) is 52.7 Å². The minimum absolute atomic E-state index is 0.0312. The second kappa shape index (κ2) is 8.44. The zero-order chi connectivity index (χ0) is 22.2. The molecule has 166 valence electrons. The predicted molar refractivity (Wildman–Crippen MR) is 120 cm³/mol. The molecule has 2 aliphatic rings. The van der Waals surface area contributed by atoms with E-state index >= 15 is 0 Å². The maximum Gasteiger partial charge on any atom is 0.317 e. The summed E-state index contributed by atoms with van der Waals surface area (Å²) >= 11 is 0. The molecule has 7 heteroatoms. The SMILES string of the molecule is Cc1nc(C2CC2)nc(N2CCN(C(=O)NC(C)(C)C)CC2)c1Cc1ccccc1F. The van der Waals surface area contributed by atoms with E-state index in [4.69, 9.17) is 9.97 Å². The van der Waals surface area contributed by atoms with E-state index in [2.05, 4.69) is 10.2 Å². The average Bonchev–Trinajstić information content (AvgIpc) is 3.55. The van der Waals surface area contributed by atoms with Crippen molar-refractivity contribution in [1.82, 2.24) is 20.2 Å². The van der Waals surface area contributed by atoms with E-state index in [1.807, 2.05) is 44.7 Å². The number of hydrogen-bond acceptors (Lipinski definition) is 4. The fraction of sp³-hybridized carbons (Fsp3) is 0.542. The summed E-state index contributed by atoms with van der Waals surface area (Å²) in [5, 5.41) is 3.04. The Hall–Kier alpha value is -2.70. The first kappa shape index (κ1) is 21.5. The number of aromatic nitrogens is 2. The molecule has 2 fully saturated rings. The van der Waals surface area contributed by atoms with E-state index in [1.165, 1.54) is 6.07 Å². The van der Waals surface area contributed by atoms with Gasteiger partial charge >= 0.3 is 6.03 Å². The molecule has 2 heterocycles. The van der Waals surface area contributed by atoms with Crippen molar-refractivity contribution in [1.29, 1.82) is 0 Å². The van der Waals surface area contributed by atoms with Crippen molar-refractivity contribution in [2.45, 2.75) is 58.4 Å². The molecular formula is C24H32FN5O. The molecule has 0 atom stereocenters. The maximum atomic E-state index is 14.4. The van der Waals surface area contributed by atoms with E-state index in [1.54, 1.807) is 6.07 Å². The van der Waals surface area contributed by atoms with Gasteiger partial charge < -0.3 is 15.1 Å². The number of urea groups is 1. The van der Waals surface area contributed by atoms with Crippen molar-refractivity contribution < 1.29 is 9.18 Å². The van der Waals surface area contributed by atoms with Gasteiger partial charge in [-0.2, -0.15) is 0 Å². The first-order valence-corrected chi connectivity index (χ1v) is 11.1. The lowest BCUT2D eigenvalue weighted by atomic mass is 10.0. The Labute approximate surface area is 183 Å². The standard InChI is InChI=1S/C24H32FN5O/c1-16-19(15-18-7-5-6-8-20(18)25)22(27-21(26-16)17-9-10-17)29-11-13-30(14-12-29)23(31)28-24(2,3)4/h5-8,17H,9-15H2,1-4H3,(H,28,31). The normalized spacial score (nSPS) is 17.1. The van der Waals surface area contributed by atoms with E-state index in [0.29, 0.717) is 44.1 Å². The summed E-state index contributed by atoms with van der Waals surface area (Å²) in [6.07, 6.45) is 2.72. The van der Waals surface area contributed by atoms with Crippen molar-refractivity contribution in [2.75, 3.05) is 31.1 Å². The molecular weight excluding hydrogens is 393 g/mol. The molecule has 6 nitrogen and oxygen atoms in total. The van der Waals surface area contributed by atoms with Crippen molar-refractivity contribution in [3.8, 4) is 0 Å². The largest absolute Gasteiger partial charge is 0.353 e. The van der Waals surface area contributed by atoms with Crippen LogP contribution in [0.3, 0.4) is 0 Å². The lowest BCUT2D eigenvalue weighted by Crippen LogP contribution is -2.55. The molecule has 1 N–H and O–H groups in total. The van der Waals surface area contributed by atoms with Crippen molar-refractivity contribution in [3.63, 3.8) is 0 Å². The van der Waals surface area contributed by atoms with Gasteiger partial charge in [0.2, 0.25) is 0 Å². The van der Waals surface area contributed by atoms with Crippen molar-refractivity contribution in [2.24, 2.45) is 0 Å². The van der Waals surface area contributed by atoms with Gasteiger partial charge in [-0.15, -0.1) is 0 Å². The van der Waals surface area contributed by atoms with Crippen LogP contribution >= 0.6 is 0 Å². The molecule has 4 rings (SSSR count). The molecule has 0 unspecified atom stereocenters. The monoisotopic (exact) mass is 425 g/mol. The van der Waals surface area contributed by atoms with Gasteiger partial charge in [-0.1, -0.05) is 18.2 Å². The zero-order valence-electron chi connectivity index (χ0n) is 18.9. The second-order valence-corrected chi connectivity index (χ2v) is 9.67. The molecule has 2 aromatic rings. The first-order chi connectivity index (χ1) is 14.7. The Kier molecular flexibility index (Phi) is 5.86. The van der Waals surface area contributed by atoms with E-state index in [0.717, 1.165) is 35.7 Å². The summed E-state index contributed by atoms with van der Waals surface area (Å²) in [7, 11) is 0.